The van der Waals surface area contributed by atoms with E-state index >= 15 is 0 Å². The number of fused-ring (bicyclic) bond motifs is 2. The van der Waals surface area contributed by atoms with Gasteiger partial charge < -0.3 is 15.0 Å². The lowest BCUT2D eigenvalue weighted by Gasteiger charge is -2.32. The van der Waals surface area contributed by atoms with Crippen LogP contribution < -0.4 is 15.7 Å². The molecule has 3 aromatic heterocycles. The van der Waals surface area contributed by atoms with E-state index in [1.807, 2.05) is 16.8 Å². The first-order chi connectivity index (χ1) is 17.6. The van der Waals surface area contributed by atoms with Crippen molar-refractivity contribution in [2.24, 2.45) is 5.92 Å². The van der Waals surface area contributed by atoms with Crippen LogP contribution in [0.3, 0.4) is 0 Å². The fraction of sp³-hybridized carbons (Fsp3) is 0.536. The number of rotatable bonds is 6. The lowest BCUT2D eigenvalue weighted by molar-refractivity contribution is 0.265. The second-order valence-corrected chi connectivity index (χ2v) is 10.7. The maximum atomic E-state index is 13.1. The van der Waals surface area contributed by atoms with Crippen molar-refractivity contribution in [3.63, 3.8) is 0 Å². The highest BCUT2D eigenvalue weighted by atomic mass is 16.5. The second-order valence-electron chi connectivity index (χ2n) is 10.7. The molecule has 36 heavy (non-hydrogen) atoms. The number of methoxy groups -OCH3 is 1. The van der Waals surface area contributed by atoms with Gasteiger partial charge in [0.2, 0.25) is 0 Å². The van der Waals surface area contributed by atoms with Crippen LogP contribution in [0.15, 0.2) is 35.5 Å². The zero-order valence-corrected chi connectivity index (χ0v) is 21.3. The molecule has 0 atom stereocenters. The smallest absolute Gasteiger partial charge is 0.326 e. The zero-order chi connectivity index (χ0) is 24.6. The average molecular weight is 489 g/mol. The van der Waals surface area contributed by atoms with Gasteiger partial charge in [-0.3, -0.25) is 4.57 Å². The number of aryl methyl sites for hydroxylation is 1. The Morgan fingerprint density at radius 2 is 1.89 bits per heavy atom. The van der Waals surface area contributed by atoms with Crippen LogP contribution in [0, 0.1) is 12.8 Å². The summed E-state index contributed by atoms with van der Waals surface area (Å²) < 4.78 is 9.28. The molecule has 0 bridgehead atoms. The van der Waals surface area contributed by atoms with Crippen LogP contribution in [-0.2, 0) is 0 Å². The van der Waals surface area contributed by atoms with E-state index in [1.165, 1.54) is 38.4 Å². The van der Waals surface area contributed by atoms with Crippen molar-refractivity contribution in [2.45, 2.75) is 76.8 Å². The van der Waals surface area contributed by atoms with Crippen molar-refractivity contribution in [3.05, 3.63) is 46.8 Å². The molecule has 4 aromatic rings. The topological polar surface area (TPSA) is 89.2 Å². The molecule has 2 fully saturated rings. The Morgan fingerprint density at radius 3 is 2.67 bits per heavy atom. The van der Waals surface area contributed by atoms with Gasteiger partial charge in [-0.15, -0.1) is 0 Å². The Labute approximate surface area is 211 Å². The molecule has 2 N–H and O–H groups in total. The molecule has 0 amide bonds. The first kappa shape index (κ1) is 23.3. The van der Waals surface area contributed by atoms with Crippen molar-refractivity contribution >= 4 is 16.7 Å². The van der Waals surface area contributed by atoms with Crippen LogP contribution in [0.5, 0.6) is 5.75 Å². The molecule has 6 rings (SSSR count). The highest BCUT2D eigenvalue weighted by molar-refractivity contribution is 5.85. The van der Waals surface area contributed by atoms with Gasteiger partial charge in [-0.1, -0.05) is 19.3 Å². The summed E-state index contributed by atoms with van der Waals surface area (Å²) in [6.45, 7) is 3.26. The summed E-state index contributed by atoms with van der Waals surface area (Å²) >= 11 is 0. The quantitative estimate of drug-likeness (QED) is 0.398. The molecule has 0 spiro atoms. The maximum absolute atomic E-state index is 13.1. The molecule has 190 valence electrons. The molecule has 0 unspecified atom stereocenters. The number of ether oxygens (including phenoxy) is 1. The number of benzene rings is 1. The van der Waals surface area contributed by atoms with Gasteiger partial charge in [0, 0.05) is 23.8 Å². The molecule has 1 aromatic carbocycles. The molecular weight excluding hydrogens is 452 g/mol. The van der Waals surface area contributed by atoms with E-state index in [-0.39, 0.29) is 11.7 Å². The van der Waals surface area contributed by atoms with E-state index in [1.54, 1.807) is 11.6 Å². The number of imidazole rings is 1. The number of aromatic nitrogens is 5. The van der Waals surface area contributed by atoms with E-state index in [9.17, 15) is 4.79 Å². The lowest BCUT2D eigenvalue weighted by Crippen LogP contribution is -2.38. The molecule has 0 saturated heterocycles. The summed E-state index contributed by atoms with van der Waals surface area (Å²) in [7, 11) is 1.64. The van der Waals surface area contributed by atoms with E-state index in [4.69, 9.17) is 4.74 Å². The number of H-pyrrole nitrogens is 1. The molecular formula is C28H36N6O2. The highest BCUT2D eigenvalue weighted by Crippen LogP contribution is 2.34. The van der Waals surface area contributed by atoms with Crippen LogP contribution in [0.1, 0.15) is 69.4 Å². The monoisotopic (exact) mass is 488 g/mol. The molecule has 8 nitrogen and oxygen atoms in total. The standard InChI is InChI=1S/C28H36N6O2/c1-18-12-25-24(14-23(18)20-13-26(36-2)27-30-17-31-33(27)16-20)32-28(35)34(25)22-10-8-21(9-11-22)29-15-19-6-4-3-5-7-19/h12-14,16-17,19,21-22,29H,3-11,15H2,1-2H3,(H,32,35). The van der Waals surface area contributed by atoms with Gasteiger partial charge in [0.15, 0.2) is 11.4 Å². The van der Waals surface area contributed by atoms with Gasteiger partial charge in [-0.2, -0.15) is 5.10 Å². The molecule has 2 aliphatic carbocycles. The first-order valence-electron chi connectivity index (χ1n) is 13.5. The summed E-state index contributed by atoms with van der Waals surface area (Å²) in [5.41, 5.74) is 5.67. The van der Waals surface area contributed by atoms with E-state index in [0.29, 0.717) is 17.4 Å². The third kappa shape index (κ3) is 4.32. The van der Waals surface area contributed by atoms with Crippen LogP contribution in [0.25, 0.3) is 27.8 Å². The summed E-state index contributed by atoms with van der Waals surface area (Å²) in [5, 5.41) is 8.14. The molecule has 2 saturated carbocycles. The molecule has 0 radical (unpaired) electrons. The molecule has 8 heteroatoms. The predicted molar refractivity (Wildman–Crippen MR) is 142 cm³/mol. The van der Waals surface area contributed by atoms with Gasteiger partial charge in [0.25, 0.3) is 0 Å². The fourth-order valence-electron chi connectivity index (χ4n) is 6.41. The van der Waals surface area contributed by atoms with Crippen molar-refractivity contribution < 1.29 is 4.74 Å². The number of aromatic amines is 1. The Morgan fingerprint density at radius 1 is 1.08 bits per heavy atom. The van der Waals surface area contributed by atoms with Gasteiger partial charge in [0.05, 0.1) is 18.1 Å². The minimum Gasteiger partial charge on any atom is -0.493 e. The van der Waals surface area contributed by atoms with E-state index < -0.39 is 0 Å². The van der Waals surface area contributed by atoms with Crippen LogP contribution in [0.4, 0.5) is 0 Å². The highest BCUT2D eigenvalue weighted by Gasteiger charge is 2.26. The van der Waals surface area contributed by atoms with Crippen molar-refractivity contribution in [2.75, 3.05) is 13.7 Å². The Kier molecular flexibility index (Phi) is 6.29. The van der Waals surface area contributed by atoms with Crippen LogP contribution >= 0.6 is 0 Å². The van der Waals surface area contributed by atoms with Gasteiger partial charge in [-0.25, -0.2) is 14.3 Å². The summed E-state index contributed by atoms with van der Waals surface area (Å²) in [6.07, 6.45) is 14.8. The molecule has 2 aliphatic rings. The number of nitrogens with one attached hydrogen (secondary N) is 2. The van der Waals surface area contributed by atoms with E-state index in [0.717, 1.165) is 65.9 Å². The fourth-order valence-corrected chi connectivity index (χ4v) is 6.41. The molecule has 0 aliphatic heterocycles. The predicted octanol–water partition coefficient (Wildman–Crippen LogP) is 5.01. The van der Waals surface area contributed by atoms with Gasteiger partial charge in [-0.05, 0) is 87.2 Å². The normalized spacial score (nSPS) is 21.4. The minimum absolute atomic E-state index is 0.00975. The van der Waals surface area contributed by atoms with Crippen molar-refractivity contribution in [1.29, 1.82) is 0 Å². The third-order valence-electron chi connectivity index (χ3n) is 8.42. The van der Waals surface area contributed by atoms with Crippen molar-refractivity contribution in [1.82, 2.24) is 29.5 Å². The Balaban J connectivity index is 1.22. The minimum atomic E-state index is -0.00975. The summed E-state index contributed by atoms with van der Waals surface area (Å²) in [4.78, 5) is 20.5. The number of nitrogens with zero attached hydrogens (tertiary/aromatic N) is 4. The van der Waals surface area contributed by atoms with Crippen LogP contribution in [0.2, 0.25) is 0 Å². The Bertz CT molecular complexity index is 1420. The average Bonchev–Trinajstić information content (AvgIpc) is 3.51. The summed E-state index contributed by atoms with van der Waals surface area (Å²) in [5.74, 6) is 1.53. The zero-order valence-electron chi connectivity index (χ0n) is 21.3. The lowest BCUT2D eigenvalue weighted by atomic mass is 9.87. The Hall–Kier alpha value is -3.13. The third-order valence-corrected chi connectivity index (χ3v) is 8.42. The number of pyridine rings is 1. The molecule has 3 heterocycles. The SMILES string of the molecule is COc1cc(-c2cc3[nH]c(=O)n(C4CCC(NCC5CCCCC5)CC4)c3cc2C)cn2ncnc12. The number of hydrogen-bond donors (Lipinski definition) is 2. The second kappa shape index (κ2) is 9.73. The van der Waals surface area contributed by atoms with Crippen molar-refractivity contribution in [3.8, 4) is 16.9 Å². The summed E-state index contributed by atoms with van der Waals surface area (Å²) in [6, 6.07) is 7.04. The van der Waals surface area contributed by atoms with Gasteiger partial charge >= 0.3 is 5.69 Å². The maximum Gasteiger partial charge on any atom is 0.326 e. The number of hydrogen-bond acceptors (Lipinski definition) is 5. The van der Waals surface area contributed by atoms with E-state index in [2.05, 4.69) is 39.4 Å². The first-order valence-corrected chi connectivity index (χ1v) is 13.5. The largest absolute Gasteiger partial charge is 0.493 e. The van der Waals surface area contributed by atoms with Crippen LogP contribution in [-0.4, -0.2) is 43.8 Å². The van der Waals surface area contributed by atoms with Gasteiger partial charge in [0.1, 0.15) is 6.33 Å².